The van der Waals surface area contributed by atoms with Crippen LogP contribution in [0.2, 0.25) is 0 Å². The monoisotopic (exact) mass is 332 g/mol. The van der Waals surface area contributed by atoms with Crippen LogP contribution in [-0.2, 0) is 11.3 Å². The SMILES string of the molecule is Cc1c([N+](=O)[O-])cnn1CC(=O)Nc1c(F)c(F)cc(F)c1F. The van der Waals surface area contributed by atoms with Crippen molar-refractivity contribution in [2.45, 2.75) is 13.5 Å². The summed E-state index contributed by atoms with van der Waals surface area (Å²) in [6, 6.07) is 0.00132. The molecule has 1 N–H and O–H groups in total. The van der Waals surface area contributed by atoms with Gasteiger partial charge in [-0.25, -0.2) is 17.6 Å². The Morgan fingerprint density at radius 3 is 2.35 bits per heavy atom. The highest BCUT2D eigenvalue weighted by Gasteiger charge is 2.22. The van der Waals surface area contributed by atoms with Crippen molar-refractivity contribution in [3.63, 3.8) is 0 Å². The summed E-state index contributed by atoms with van der Waals surface area (Å²) in [5.41, 5.74) is -1.62. The first-order valence-corrected chi connectivity index (χ1v) is 6.02. The van der Waals surface area contributed by atoms with Gasteiger partial charge >= 0.3 is 5.69 Å². The largest absolute Gasteiger partial charge is 0.319 e. The van der Waals surface area contributed by atoms with E-state index in [1.165, 1.54) is 6.92 Å². The van der Waals surface area contributed by atoms with E-state index in [4.69, 9.17) is 0 Å². The van der Waals surface area contributed by atoms with Crippen LogP contribution in [0, 0.1) is 40.3 Å². The molecule has 0 saturated carbocycles. The zero-order valence-electron chi connectivity index (χ0n) is 11.4. The molecule has 11 heteroatoms. The summed E-state index contributed by atoms with van der Waals surface area (Å²) in [7, 11) is 0. The van der Waals surface area contributed by atoms with Crippen molar-refractivity contribution in [3.05, 3.63) is 51.3 Å². The quantitative estimate of drug-likeness (QED) is 0.403. The number of hydrogen-bond acceptors (Lipinski definition) is 4. The van der Waals surface area contributed by atoms with Crippen molar-refractivity contribution in [3.8, 4) is 0 Å². The minimum Gasteiger partial charge on any atom is -0.319 e. The van der Waals surface area contributed by atoms with Crippen LogP contribution in [0.4, 0.5) is 28.9 Å². The summed E-state index contributed by atoms with van der Waals surface area (Å²) in [6.07, 6.45) is 0.894. The van der Waals surface area contributed by atoms with Gasteiger partial charge < -0.3 is 5.32 Å². The molecular weight excluding hydrogens is 324 g/mol. The van der Waals surface area contributed by atoms with Gasteiger partial charge in [-0.3, -0.25) is 19.6 Å². The van der Waals surface area contributed by atoms with E-state index < -0.39 is 46.3 Å². The standard InChI is InChI=1S/C12H8F4N4O3/c1-5-8(20(22)23)3-17-19(5)4-9(21)18-12-10(15)6(13)2-7(14)11(12)16/h2-3H,4H2,1H3,(H,18,21). The van der Waals surface area contributed by atoms with Crippen molar-refractivity contribution < 1.29 is 27.3 Å². The van der Waals surface area contributed by atoms with E-state index in [-0.39, 0.29) is 17.4 Å². The maximum Gasteiger partial charge on any atom is 0.309 e. The molecular formula is C12H8F4N4O3. The van der Waals surface area contributed by atoms with E-state index in [1.54, 1.807) is 5.32 Å². The van der Waals surface area contributed by atoms with Gasteiger partial charge in [0.15, 0.2) is 23.3 Å². The number of rotatable bonds is 4. The number of carbonyl (C=O) groups is 1. The molecule has 0 atom stereocenters. The first-order valence-electron chi connectivity index (χ1n) is 6.02. The zero-order valence-corrected chi connectivity index (χ0v) is 11.4. The normalized spacial score (nSPS) is 10.7. The number of amides is 1. The van der Waals surface area contributed by atoms with Crippen molar-refractivity contribution in [2.24, 2.45) is 0 Å². The third-order valence-electron chi connectivity index (χ3n) is 2.94. The number of nitrogens with zero attached hydrogens (tertiary/aromatic N) is 3. The van der Waals surface area contributed by atoms with E-state index >= 15 is 0 Å². The second kappa shape index (κ2) is 6.02. The number of hydrogen-bond donors (Lipinski definition) is 1. The fourth-order valence-electron chi connectivity index (χ4n) is 1.77. The van der Waals surface area contributed by atoms with Crippen LogP contribution in [-0.4, -0.2) is 20.6 Å². The summed E-state index contributed by atoms with van der Waals surface area (Å²) in [5.74, 6) is -7.95. The second-order valence-corrected chi connectivity index (χ2v) is 4.42. The molecule has 0 spiro atoms. The molecule has 1 heterocycles. The summed E-state index contributed by atoms with van der Waals surface area (Å²) >= 11 is 0. The van der Waals surface area contributed by atoms with Crippen molar-refractivity contribution in [2.75, 3.05) is 5.32 Å². The van der Waals surface area contributed by atoms with Gasteiger partial charge in [0.1, 0.15) is 24.1 Å². The maximum atomic E-state index is 13.4. The molecule has 7 nitrogen and oxygen atoms in total. The summed E-state index contributed by atoms with van der Waals surface area (Å²) in [4.78, 5) is 21.6. The van der Waals surface area contributed by atoms with Crippen LogP contribution >= 0.6 is 0 Å². The van der Waals surface area contributed by atoms with Gasteiger partial charge in [-0.15, -0.1) is 0 Å². The summed E-state index contributed by atoms with van der Waals surface area (Å²) in [6.45, 7) is 0.665. The molecule has 1 amide bonds. The molecule has 0 aliphatic carbocycles. The Morgan fingerprint density at radius 2 is 1.87 bits per heavy atom. The lowest BCUT2D eigenvalue weighted by Crippen LogP contribution is -2.22. The van der Waals surface area contributed by atoms with Gasteiger partial charge in [0.2, 0.25) is 5.91 Å². The second-order valence-electron chi connectivity index (χ2n) is 4.42. The van der Waals surface area contributed by atoms with Gasteiger partial charge in [-0.1, -0.05) is 0 Å². The third-order valence-corrected chi connectivity index (χ3v) is 2.94. The van der Waals surface area contributed by atoms with Gasteiger partial charge in [-0.2, -0.15) is 5.10 Å². The minimum absolute atomic E-state index is 0.00132. The fraction of sp³-hybridized carbons (Fsp3) is 0.167. The first kappa shape index (κ1) is 16.4. The predicted octanol–water partition coefficient (Wildman–Crippen LogP) is 2.29. The Morgan fingerprint density at radius 1 is 1.30 bits per heavy atom. The maximum absolute atomic E-state index is 13.4. The number of nitrogens with one attached hydrogen (secondary N) is 1. The molecule has 0 fully saturated rings. The van der Waals surface area contributed by atoms with Crippen LogP contribution in [0.25, 0.3) is 0 Å². The summed E-state index contributed by atoms with van der Waals surface area (Å²) < 4.78 is 53.8. The number of nitro groups is 1. The molecule has 0 bridgehead atoms. The minimum atomic E-state index is -1.76. The molecule has 2 aromatic rings. The molecule has 0 unspecified atom stereocenters. The molecule has 122 valence electrons. The Hall–Kier alpha value is -2.98. The van der Waals surface area contributed by atoms with Crippen LogP contribution in [0.5, 0.6) is 0 Å². The van der Waals surface area contributed by atoms with Crippen LogP contribution in [0.1, 0.15) is 5.69 Å². The smallest absolute Gasteiger partial charge is 0.309 e. The predicted molar refractivity (Wildman–Crippen MR) is 68.5 cm³/mol. The number of benzene rings is 1. The van der Waals surface area contributed by atoms with Crippen LogP contribution in [0.3, 0.4) is 0 Å². The average Bonchev–Trinajstić information content (AvgIpc) is 2.83. The highest BCUT2D eigenvalue weighted by molar-refractivity contribution is 5.90. The number of aromatic nitrogens is 2. The topological polar surface area (TPSA) is 90.1 Å². The average molecular weight is 332 g/mol. The Kier molecular flexibility index (Phi) is 4.29. The molecule has 23 heavy (non-hydrogen) atoms. The van der Waals surface area contributed by atoms with E-state index in [2.05, 4.69) is 5.10 Å². The lowest BCUT2D eigenvalue weighted by Gasteiger charge is -2.09. The first-order chi connectivity index (χ1) is 10.7. The number of halogens is 4. The van der Waals surface area contributed by atoms with Crippen molar-refractivity contribution in [1.29, 1.82) is 0 Å². The lowest BCUT2D eigenvalue weighted by molar-refractivity contribution is -0.385. The zero-order chi connectivity index (χ0) is 17.3. The van der Waals surface area contributed by atoms with E-state index in [0.29, 0.717) is 0 Å². The molecule has 0 aliphatic heterocycles. The third kappa shape index (κ3) is 3.12. The van der Waals surface area contributed by atoms with E-state index in [0.717, 1.165) is 10.9 Å². The van der Waals surface area contributed by atoms with Gasteiger partial charge in [0, 0.05) is 6.07 Å². The van der Waals surface area contributed by atoms with Gasteiger partial charge in [0.05, 0.1) is 4.92 Å². The summed E-state index contributed by atoms with van der Waals surface area (Å²) in [5, 5.41) is 15.9. The molecule has 1 aromatic carbocycles. The van der Waals surface area contributed by atoms with E-state index in [9.17, 15) is 32.5 Å². The Bertz CT molecular complexity index is 780. The fourth-order valence-corrected chi connectivity index (χ4v) is 1.77. The van der Waals surface area contributed by atoms with Gasteiger partial charge in [0.25, 0.3) is 0 Å². The molecule has 0 aliphatic rings. The number of anilines is 1. The van der Waals surface area contributed by atoms with Crippen molar-refractivity contribution in [1.82, 2.24) is 9.78 Å². The molecule has 0 saturated heterocycles. The Balaban J connectivity index is 2.23. The highest BCUT2D eigenvalue weighted by Crippen LogP contribution is 2.24. The lowest BCUT2D eigenvalue weighted by atomic mass is 10.2. The molecule has 1 aromatic heterocycles. The highest BCUT2D eigenvalue weighted by atomic mass is 19.2. The van der Waals surface area contributed by atoms with Gasteiger partial charge in [-0.05, 0) is 6.92 Å². The number of carbonyl (C=O) groups excluding carboxylic acids is 1. The van der Waals surface area contributed by atoms with Crippen LogP contribution < -0.4 is 5.32 Å². The van der Waals surface area contributed by atoms with Crippen molar-refractivity contribution >= 4 is 17.3 Å². The molecule has 2 rings (SSSR count). The van der Waals surface area contributed by atoms with Crippen LogP contribution in [0.15, 0.2) is 12.3 Å². The Labute approximate surface area is 125 Å². The van der Waals surface area contributed by atoms with E-state index in [1.807, 2.05) is 0 Å². The molecule has 0 radical (unpaired) electrons.